The zero-order valence-electron chi connectivity index (χ0n) is 9.04. The third-order valence-corrected chi connectivity index (χ3v) is 3.05. The van der Waals surface area contributed by atoms with E-state index < -0.39 is 22.2 Å². The molecule has 0 bridgehead atoms. The minimum absolute atomic E-state index is 0.0417. The minimum atomic E-state index is -1.13. The first kappa shape index (κ1) is 12.3. The number of ether oxygens (including phenoxy) is 1. The Balaban J connectivity index is 2.18. The number of hydrogen-bond donors (Lipinski definition) is 1. The standard InChI is InChI=1S/C10H12ClFN2O3/c11-8-7(12)9(15)14(10(16)13-8)4-3-6-2-1-5-17-6/h6H,1-5H2,(H,13,16). The fraction of sp³-hybridized carbons (Fsp3) is 0.600. The van der Waals surface area contributed by atoms with Crippen molar-refractivity contribution < 1.29 is 9.13 Å². The maximum atomic E-state index is 13.2. The molecular formula is C10H12ClFN2O3. The number of H-pyrrole nitrogens is 1. The van der Waals surface area contributed by atoms with Crippen LogP contribution in [0.1, 0.15) is 19.3 Å². The fourth-order valence-electron chi connectivity index (χ4n) is 1.87. The van der Waals surface area contributed by atoms with Gasteiger partial charge in [-0.15, -0.1) is 0 Å². The van der Waals surface area contributed by atoms with Crippen molar-refractivity contribution in [1.29, 1.82) is 0 Å². The number of aromatic amines is 1. The summed E-state index contributed by atoms with van der Waals surface area (Å²) in [6, 6.07) is 0. The Kier molecular flexibility index (Phi) is 3.63. The number of hydrogen-bond acceptors (Lipinski definition) is 3. The number of halogens is 2. The first-order chi connectivity index (χ1) is 8.09. The van der Waals surface area contributed by atoms with Gasteiger partial charge >= 0.3 is 5.69 Å². The van der Waals surface area contributed by atoms with Gasteiger partial charge in [0.05, 0.1) is 6.10 Å². The highest BCUT2D eigenvalue weighted by molar-refractivity contribution is 6.29. The van der Waals surface area contributed by atoms with Crippen molar-refractivity contribution in [3.05, 3.63) is 31.8 Å². The molecule has 0 radical (unpaired) electrons. The van der Waals surface area contributed by atoms with E-state index in [1.807, 2.05) is 0 Å². The van der Waals surface area contributed by atoms with Gasteiger partial charge in [0, 0.05) is 13.2 Å². The quantitative estimate of drug-likeness (QED) is 0.823. The molecule has 0 aromatic carbocycles. The zero-order chi connectivity index (χ0) is 12.4. The van der Waals surface area contributed by atoms with Crippen LogP contribution in [0.15, 0.2) is 9.59 Å². The lowest BCUT2D eigenvalue weighted by molar-refractivity contribution is 0.0996. The Labute approximate surface area is 101 Å². The minimum Gasteiger partial charge on any atom is -0.378 e. The van der Waals surface area contributed by atoms with Gasteiger partial charge in [0.1, 0.15) is 0 Å². The van der Waals surface area contributed by atoms with Gasteiger partial charge in [0.15, 0.2) is 5.15 Å². The third kappa shape index (κ3) is 2.58. The second kappa shape index (κ2) is 5.01. The molecule has 94 valence electrons. The second-order valence-corrected chi connectivity index (χ2v) is 4.32. The van der Waals surface area contributed by atoms with Crippen molar-refractivity contribution in [3.8, 4) is 0 Å². The van der Waals surface area contributed by atoms with Gasteiger partial charge in [-0.1, -0.05) is 11.6 Å². The average Bonchev–Trinajstić information content (AvgIpc) is 2.79. The molecule has 1 atom stereocenters. The van der Waals surface area contributed by atoms with E-state index in [4.69, 9.17) is 16.3 Å². The highest BCUT2D eigenvalue weighted by Crippen LogP contribution is 2.15. The van der Waals surface area contributed by atoms with Gasteiger partial charge in [-0.05, 0) is 19.3 Å². The summed E-state index contributed by atoms with van der Waals surface area (Å²) in [6.07, 6.45) is 2.44. The van der Waals surface area contributed by atoms with Gasteiger partial charge in [-0.2, -0.15) is 4.39 Å². The van der Waals surface area contributed by atoms with Crippen LogP contribution in [0.2, 0.25) is 5.15 Å². The number of nitrogens with one attached hydrogen (secondary N) is 1. The molecule has 1 aromatic rings. The number of aromatic nitrogens is 2. The van der Waals surface area contributed by atoms with Gasteiger partial charge in [-0.25, -0.2) is 4.79 Å². The zero-order valence-corrected chi connectivity index (χ0v) is 9.80. The Morgan fingerprint density at radius 2 is 2.29 bits per heavy atom. The van der Waals surface area contributed by atoms with Crippen molar-refractivity contribution in [1.82, 2.24) is 9.55 Å². The lowest BCUT2D eigenvalue weighted by Gasteiger charge is -2.10. The monoisotopic (exact) mass is 262 g/mol. The van der Waals surface area contributed by atoms with E-state index in [9.17, 15) is 14.0 Å². The molecule has 5 nitrogen and oxygen atoms in total. The highest BCUT2D eigenvalue weighted by Gasteiger charge is 2.17. The maximum absolute atomic E-state index is 13.2. The SMILES string of the molecule is O=c1[nH]c(Cl)c(F)c(=O)n1CCC1CCCO1. The number of nitrogens with zero attached hydrogens (tertiary/aromatic N) is 1. The molecule has 1 saturated heterocycles. The van der Waals surface area contributed by atoms with Crippen molar-refractivity contribution >= 4 is 11.6 Å². The largest absolute Gasteiger partial charge is 0.378 e. The van der Waals surface area contributed by atoms with Crippen molar-refractivity contribution in [2.45, 2.75) is 31.9 Å². The summed E-state index contributed by atoms with van der Waals surface area (Å²) in [5.74, 6) is -1.13. The molecule has 1 aromatic heterocycles. The van der Waals surface area contributed by atoms with Crippen LogP contribution in [0.3, 0.4) is 0 Å². The summed E-state index contributed by atoms with van der Waals surface area (Å²) >= 11 is 5.35. The average molecular weight is 263 g/mol. The summed E-state index contributed by atoms with van der Waals surface area (Å²) in [5.41, 5.74) is -1.68. The van der Waals surface area contributed by atoms with Crippen LogP contribution >= 0.6 is 11.6 Å². The third-order valence-electron chi connectivity index (χ3n) is 2.79. The predicted molar refractivity (Wildman–Crippen MR) is 59.9 cm³/mol. The summed E-state index contributed by atoms with van der Waals surface area (Å²) in [7, 11) is 0. The van der Waals surface area contributed by atoms with E-state index in [2.05, 4.69) is 4.98 Å². The molecule has 1 N–H and O–H groups in total. The van der Waals surface area contributed by atoms with E-state index in [-0.39, 0.29) is 12.6 Å². The van der Waals surface area contributed by atoms with Crippen LogP contribution in [0.5, 0.6) is 0 Å². The summed E-state index contributed by atoms with van der Waals surface area (Å²) in [6.45, 7) is 0.831. The molecule has 7 heteroatoms. The lowest BCUT2D eigenvalue weighted by Crippen LogP contribution is -2.37. The molecule has 1 aliphatic heterocycles. The normalized spacial score (nSPS) is 19.8. The van der Waals surface area contributed by atoms with Crippen LogP contribution in [-0.2, 0) is 11.3 Å². The maximum Gasteiger partial charge on any atom is 0.329 e. The Bertz CT molecular complexity index is 519. The van der Waals surface area contributed by atoms with E-state index in [0.717, 1.165) is 17.4 Å². The first-order valence-corrected chi connectivity index (χ1v) is 5.77. The molecule has 0 saturated carbocycles. The van der Waals surface area contributed by atoms with Crippen LogP contribution in [0, 0.1) is 5.82 Å². The van der Waals surface area contributed by atoms with Crippen LogP contribution in [0.4, 0.5) is 4.39 Å². The van der Waals surface area contributed by atoms with Gasteiger partial charge < -0.3 is 4.74 Å². The van der Waals surface area contributed by atoms with E-state index in [1.54, 1.807) is 0 Å². The molecule has 1 fully saturated rings. The van der Waals surface area contributed by atoms with Crippen molar-refractivity contribution in [3.63, 3.8) is 0 Å². The highest BCUT2D eigenvalue weighted by atomic mass is 35.5. The fourth-order valence-corrected chi connectivity index (χ4v) is 2.03. The van der Waals surface area contributed by atoms with Crippen LogP contribution in [-0.4, -0.2) is 22.3 Å². The Morgan fingerprint density at radius 1 is 1.53 bits per heavy atom. The van der Waals surface area contributed by atoms with Crippen molar-refractivity contribution in [2.24, 2.45) is 0 Å². The molecule has 2 heterocycles. The second-order valence-electron chi connectivity index (χ2n) is 3.94. The van der Waals surface area contributed by atoms with Gasteiger partial charge in [0.2, 0.25) is 5.82 Å². The smallest absolute Gasteiger partial charge is 0.329 e. The van der Waals surface area contributed by atoms with Crippen LogP contribution in [0.25, 0.3) is 0 Å². The van der Waals surface area contributed by atoms with E-state index >= 15 is 0 Å². The van der Waals surface area contributed by atoms with E-state index in [0.29, 0.717) is 13.0 Å². The molecule has 17 heavy (non-hydrogen) atoms. The molecule has 1 aliphatic rings. The molecule has 1 unspecified atom stereocenters. The molecule has 2 rings (SSSR count). The van der Waals surface area contributed by atoms with Crippen molar-refractivity contribution in [2.75, 3.05) is 6.61 Å². The predicted octanol–water partition coefficient (Wildman–Crippen LogP) is 0.898. The lowest BCUT2D eigenvalue weighted by atomic mass is 10.2. The summed E-state index contributed by atoms with van der Waals surface area (Å²) in [4.78, 5) is 25.0. The topological polar surface area (TPSA) is 64.1 Å². The molecule has 0 amide bonds. The summed E-state index contributed by atoms with van der Waals surface area (Å²) in [5, 5.41) is -0.548. The van der Waals surface area contributed by atoms with Gasteiger partial charge in [0.25, 0.3) is 5.56 Å². The molecule has 0 aliphatic carbocycles. The number of rotatable bonds is 3. The van der Waals surface area contributed by atoms with Gasteiger partial charge in [-0.3, -0.25) is 14.3 Å². The molecular weight excluding hydrogens is 251 g/mol. The van der Waals surface area contributed by atoms with Crippen LogP contribution < -0.4 is 11.2 Å². The summed E-state index contributed by atoms with van der Waals surface area (Å²) < 4.78 is 19.4. The Morgan fingerprint density at radius 3 is 2.94 bits per heavy atom. The first-order valence-electron chi connectivity index (χ1n) is 5.39. The Hall–Kier alpha value is -1.14. The molecule has 0 spiro atoms. The van der Waals surface area contributed by atoms with E-state index in [1.165, 1.54) is 0 Å².